The summed E-state index contributed by atoms with van der Waals surface area (Å²) < 4.78 is 0. The highest BCUT2D eigenvalue weighted by Gasteiger charge is 2.48. The summed E-state index contributed by atoms with van der Waals surface area (Å²) in [4.78, 5) is 11.9. The lowest BCUT2D eigenvalue weighted by atomic mass is 9.95. The summed E-state index contributed by atoms with van der Waals surface area (Å²) in [5, 5.41) is 9.08. The summed E-state index contributed by atoms with van der Waals surface area (Å²) in [6, 6.07) is 6.35. The quantitative estimate of drug-likeness (QED) is 0.708. The second-order valence-corrected chi connectivity index (χ2v) is 3.86. The van der Waals surface area contributed by atoms with Gasteiger partial charge >= 0.3 is 0 Å². The fourth-order valence-electron chi connectivity index (χ4n) is 1.59. The molecule has 1 aliphatic rings. The number of nitrogens with two attached hydrogens (primary N) is 1. The molecule has 0 heterocycles. The van der Waals surface area contributed by atoms with Crippen molar-refractivity contribution in [2.24, 2.45) is 11.1 Å². The van der Waals surface area contributed by atoms with Crippen LogP contribution < -0.4 is 5.73 Å². The van der Waals surface area contributed by atoms with Crippen LogP contribution in [0.1, 0.15) is 23.2 Å². The van der Waals surface area contributed by atoms with Crippen molar-refractivity contribution in [1.29, 1.82) is 0 Å². The molecule has 0 bridgehead atoms. The van der Waals surface area contributed by atoms with Crippen molar-refractivity contribution in [3.05, 3.63) is 29.8 Å². The largest absolute Gasteiger partial charge is 0.508 e. The molecule has 1 saturated carbocycles. The fourth-order valence-corrected chi connectivity index (χ4v) is 1.59. The van der Waals surface area contributed by atoms with E-state index >= 15 is 0 Å². The summed E-state index contributed by atoms with van der Waals surface area (Å²) in [6.45, 7) is 0.423. The minimum Gasteiger partial charge on any atom is -0.508 e. The Kier molecular flexibility index (Phi) is 2.04. The van der Waals surface area contributed by atoms with Crippen LogP contribution in [-0.4, -0.2) is 17.4 Å². The number of phenolic OH excluding ortho intramolecular Hbond substituents is 1. The third kappa shape index (κ3) is 1.40. The number of rotatable bonds is 3. The predicted octanol–water partition coefficient (Wildman–Crippen LogP) is 1.31. The second-order valence-electron chi connectivity index (χ2n) is 3.86. The van der Waals surface area contributed by atoms with E-state index in [0.29, 0.717) is 12.1 Å². The summed E-state index contributed by atoms with van der Waals surface area (Å²) in [5.74, 6) is 0.291. The molecule has 0 aliphatic heterocycles. The van der Waals surface area contributed by atoms with Crippen LogP contribution >= 0.6 is 0 Å². The van der Waals surface area contributed by atoms with Crippen LogP contribution in [0, 0.1) is 5.41 Å². The molecule has 0 atom stereocenters. The molecule has 3 heteroatoms. The van der Waals surface area contributed by atoms with Crippen LogP contribution in [0.25, 0.3) is 0 Å². The van der Waals surface area contributed by atoms with E-state index < -0.39 is 0 Å². The third-order valence-electron chi connectivity index (χ3n) is 2.86. The number of benzene rings is 1. The van der Waals surface area contributed by atoms with E-state index in [2.05, 4.69) is 0 Å². The van der Waals surface area contributed by atoms with Crippen molar-refractivity contribution in [2.75, 3.05) is 6.54 Å². The number of hydrogen-bond acceptors (Lipinski definition) is 3. The van der Waals surface area contributed by atoms with Crippen molar-refractivity contribution in [3.63, 3.8) is 0 Å². The molecule has 3 nitrogen and oxygen atoms in total. The molecule has 3 N–H and O–H groups in total. The van der Waals surface area contributed by atoms with Crippen molar-refractivity contribution in [3.8, 4) is 5.75 Å². The Balaban J connectivity index is 2.23. The average Bonchev–Trinajstić information content (AvgIpc) is 2.99. The highest BCUT2D eigenvalue weighted by atomic mass is 16.3. The number of carbonyl (C=O) groups excluding carboxylic acids is 1. The van der Waals surface area contributed by atoms with Crippen molar-refractivity contribution >= 4 is 5.78 Å². The van der Waals surface area contributed by atoms with Gasteiger partial charge in [0.1, 0.15) is 5.75 Å². The van der Waals surface area contributed by atoms with E-state index in [1.54, 1.807) is 12.1 Å². The molecule has 1 aromatic rings. The normalized spacial score (nSPS) is 17.8. The molecule has 1 fully saturated rings. The van der Waals surface area contributed by atoms with Crippen LogP contribution in [0.3, 0.4) is 0 Å². The molecule has 74 valence electrons. The van der Waals surface area contributed by atoms with Gasteiger partial charge in [0, 0.05) is 17.5 Å². The topological polar surface area (TPSA) is 63.3 Å². The highest BCUT2D eigenvalue weighted by molar-refractivity contribution is 6.02. The lowest BCUT2D eigenvalue weighted by molar-refractivity contribution is 0.0905. The Morgan fingerprint density at radius 3 is 2.36 bits per heavy atom. The van der Waals surface area contributed by atoms with Crippen LogP contribution in [-0.2, 0) is 0 Å². The summed E-state index contributed by atoms with van der Waals surface area (Å²) in [7, 11) is 0. The summed E-state index contributed by atoms with van der Waals surface area (Å²) in [5.41, 5.74) is 5.92. The Labute approximate surface area is 82.5 Å². The zero-order valence-electron chi connectivity index (χ0n) is 7.86. The number of aromatic hydroxyl groups is 1. The van der Waals surface area contributed by atoms with Gasteiger partial charge in [-0.1, -0.05) is 0 Å². The van der Waals surface area contributed by atoms with E-state index in [1.165, 1.54) is 12.1 Å². The molecular formula is C11H13NO2. The number of Topliss-reactive ketones (excluding diaryl/α,β-unsaturated/α-hetero) is 1. The van der Waals surface area contributed by atoms with Gasteiger partial charge in [0.25, 0.3) is 0 Å². The van der Waals surface area contributed by atoms with Gasteiger partial charge in [-0.05, 0) is 37.1 Å². The number of phenols is 1. The van der Waals surface area contributed by atoms with Gasteiger partial charge < -0.3 is 10.8 Å². The Morgan fingerprint density at radius 1 is 1.36 bits per heavy atom. The molecule has 2 rings (SSSR count). The van der Waals surface area contributed by atoms with Crippen molar-refractivity contribution < 1.29 is 9.90 Å². The van der Waals surface area contributed by atoms with Gasteiger partial charge in [-0.25, -0.2) is 0 Å². The minimum atomic E-state index is -0.295. The van der Waals surface area contributed by atoms with Gasteiger partial charge in [-0.15, -0.1) is 0 Å². The maximum Gasteiger partial charge on any atom is 0.170 e. The Morgan fingerprint density at radius 2 is 1.93 bits per heavy atom. The third-order valence-corrected chi connectivity index (χ3v) is 2.86. The van der Waals surface area contributed by atoms with E-state index in [-0.39, 0.29) is 16.9 Å². The molecule has 0 unspecified atom stereocenters. The number of hydrogen-bond donors (Lipinski definition) is 2. The second kappa shape index (κ2) is 3.10. The molecule has 0 radical (unpaired) electrons. The maximum atomic E-state index is 11.9. The monoisotopic (exact) mass is 191 g/mol. The number of ketones is 1. The molecule has 1 aromatic carbocycles. The molecule has 0 saturated heterocycles. The molecule has 0 spiro atoms. The smallest absolute Gasteiger partial charge is 0.170 e. The summed E-state index contributed by atoms with van der Waals surface area (Å²) in [6.07, 6.45) is 1.78. The lowest BCUT2D eigenvalue weighted by Gasteiger charge is -2.10. The standard InChI is InChI=1S/C11H13NO2/c12-7-11(5-6-11)10(14)8-1-3-9(13)4-2-8/h1-4,13H,5-7,12H2. The van der Waals surface area contributed by atoms with Crippen LogP contribution in [0.15, 0.2) is 24.3 Å². The van der Waals surface area contributed by atoms with E-state index in [0.717, 1.165) is 12.8 Å². The Hall–Kier alpha value is -1.35. The molecule has 0 aromatic heterocycles. The first-order chi connectivity index (χ1) is 6.68. The molecular weight excluding hydrogens is 178 g/mol. The Bertz CT molecular complexity index is 352. The zero-order valence-corrected chi connectivity index (χ0v) is 7.86. The van der Waals surface area contributed by atoms with Gasteiger partial charge in [-0.2, -0.15) is 0 Å². The van der Waals surface area contributed by atoms with Crippen LogP contribution in [0.5, 0.6) is 5.75 Å². The SMILES string of the molecule is NCC1(C(=O)c2ccc(O)cc2)CC1. The van der Waals surface area contributed by atoms with Crippen molar-refractivity contribution in [2.45, 2.75) is 12.8 Å². The van der Waals surface area contributed by atoms with Gasteiger partial charge in [0.2, 0.25) is 0 Å². The van der Waals surface area contributed by atoms with E-state index in [4.69, 9.17) is 10.8 Å². The molecule has 0 amide bonds. The van der Waals surface area contributed by atoms with Crippen LogP contribution in [0.2, 0.25) is 0 Å². The van der Waals surface area contributed by atoms with Crippen LogP contribution in [0.4, 0.5) is 0 Å². The van der Waals surface area contributed by atoms with E-state index in [1.807, 2.05) is 0 Å². The first-order valence-corrected chi connectivity index (χ1v) is 4.72. The molecule has 1 aliphatic carbocycles. The van der Waals surface area contributed by atoms with Gasteiger partial charge in [0.05, 0.1) is 0 Å². The average molecular weight is 191 g/mol. The summed E-state index contributed by atoms with van der Waals surface area (Å²) >= 11 is 0. The fraction of sp³-hybridized carbons (Fsp3) is 0.364. The minimum absolute atomic E-state index is 0.111. The maximum absolute atomic E-state index is 11.9. The lowest BCUT2D eigenvalue weighted by Crippen LogP contribution is -2.25. The van der Waals surface area contributed by atoms with Crippen molar-refractivity contribution in [1.82, 2.24) is 0 Å². The zero-order chi connectivity index (χ0) is 10.2. The predicted molar refractivity (Wildman–Crippen MR) is 53.2 cm³/mol. The first-order valence-electron chi connectivity index (χ1n) is 4.72. The van der Waals surface area contributed by atoms with Gasteiger partial charge in [0.15, 0.2) is 5.78 Å². The first kappa shape index (κ1) is 9.21. The number of carbonyl (C=O) groups is 1. The highest BCUT2D eigenvalue weighted by Crippen LogP contribution is 2.47. The van der Waals surface area contributed by atoms with Gasteiger partial charge in [-0.3, -0.25) is 4.79 Å². The molecule has 14 heavy (non-hydrogen) atoms. The van der Waals surface area contributed by atoms with E-state index in [9.17, 15) is 4.79 Å².